The van der Waals surface area contributed by atoms with Crippen molar-refractivity contribution in [2.75, 3.05) is 28.4 Å². The largest absolute Gasteiger partial charge is 0.497 e. The molecule has 180 valence electrons. The van der Waals surface area contributed by atoms with Crippen molar-refractivity contribution < 1.29 is 23.4 Å². The van der Waals surface area contributed by atoms with Crippen LogP contribution in [0.3, 0.4) is 0 Å². The van der Waals surface area contributed by atoms with E-state index < -0.39 is 13.9 Å². The summed E-state index contributed by atoms with van der Waals surface area (Å²) in [6, 6.07) is 4.07. The predicted octanol–water partition coefficient (Wildman–Crippen LogP) is 6.73. The maximum Gasteiger partial charge on any atom is 0.200 e. The summed E-state index contributed by atoms with van der Waals surface area (Å²) in [7, 11) is 4.70. The lowest BCUT2D eigenvalue weighted by Gasteiger charge is -2.42. The second-order valence-corrected chi connectivity index (χ2v) is 14.9. The summed E-state index contributed by atoms with van der Waals surface area (Å²) in [6.07, 6.45) is 6.74. The highest BCUT2D eigenvalue weighted by Gasteiger charge is 2.45. The van der Waals surface area contributed by atoms with Gasteiger partial charge in [-0.2, -0.15) is 0 Å². The van der Waals surface area contributed by atoms with Gasteiger partial charge in [0.2, 0.25) is 8.32 Å². The van der Waals surface area contributed by atoms with Crippen LogP contribution in [0.5, 0.6) is 11.5 Å². The van der Waals surface area contributed by atoms with E-state index >= 15 is 0 Å². The van der Waals surface area contributed by atoms with Gasteiger partial charge in [0.15, 0.2) is 11.5 Å². The smallest absolute Gasteiger partial charge is 0.200 e. The van der Waals surface area contributed by atoms with Gasteiger partial charge in [0.25, 0.3) is 0 Å². The van der Waals surface area contributed by atoms with Crippen LogP contribution in [-0.4, -0.2) is 36.8 Å². The zero-order valence-electron chi connectivity index (χ0n) is 21.6. The van der Waals surface area contributed by atoms with Gasteiger partial charge in [-0.3, -0.25) is 0 Å². The van der Waals surface area contributed by atoms with Crippen LogP contribution in [-0.2, 0) is 26.1 Å². The molecule has 0 heterocycles. The minimum atomic E-state index is -2.05. The van der Waals surface area contributed by atoms with E-state index in [1.165, 1.54) is 0 Å². The van der Waals surface area contributed by atoms with Crippen molar-refractivity contribution in [1.29, 1.82) is 0 Å². The molecule has 0 amide bonds. The van der Waals surface area contributed by atoms with Crippen molar-refractivity contribution in [2.24, 2.45) is 0 Å². The van der Waals surface area contributed by atoms with E-state index in [4.69, 9.17) is 23.4 Å². The third kappa shape index (κ3) is 4.92. The highest BCUT2D eigenvalue weighted by Crippen LogP contribution is 2.45. The molecule has 1 atom stereocenters. The molecule has 5 nitrogen and oxygen atoms in total. The van der Waals surface area contributed by atoms with Crippen LogP contribution in [0.1, 0.15) is 59.1 Å². The number of allylic oxidation sites excluding steroid dienone is 1. The summed E-state index contributed by atoms with van der Waals surface area (Å²) in [5.74, 6) is 2.21. The van der Waals surface area contributed by atoms with E-state index in [1.54, 1.807) is 28.4 Å². The van der Waals surface area contributed by atoms with Crippen LogP contribution in [0.15, 0.2) is 36.1 Å². The van der Waals surface area contributed by atoms with Gasteiger partial charge in [0.1, 0.15) is 11.4 Å². The highest BCUT2D eigenvalue weighted by atomic mass is 28.4. The Morgan fingerprint density at radius 2 is 1.41 bits per heavy atom. The SMILES string of the molecule is COC1=CCC(OC)(c2cc(OC)c(OC)cc2CO[Si](C(C)C)(C(C)C)C(C)C)C=C1. The monoisotopic (exact) mass is 462 g/mol. The molecule has 0 saturated heterocycles. The van der Waals surface area contributed by atoms with Crippen molar-refractivity contribution >= 4 is 8.32 Å². The maximum atomic E-state index is 6.96. The first-order valence-electron chi connectivity index (χ1n) is 11.5. The molecule has 1 aliphatic carbocycles. The van der Waals surface area contributed by atoms with Gasteiger partial charge < -0.3 is 23.4 Å². The number of hydrogen-bond donors (Lipinski definition) is 0. The Hall–Kier alpha value is -1.76. The normalized spacial score (nSPS) is 19.0. The molecule has 0 spiro atoms. The third-order valence-electron chi connectivity index (χ3n) is 6.97. The average molecular weight is 463 g/mol. The standard InChI is InChI=1S/C26H42O5Si/c1-18(2)32(19(3)4,20(5)6)31-17-21-15-24(28-8)25(29-9)16-23(21)26(30-10)13-11-22(27-7)12-14-26/h11-13,15-16,18-20H,14,17H2,1-10H3. The fourth-order valence-electron chi connectivity index (χ4n) is 5.35. The molecule has 0 N–H and O–H groups in total. The van der Waals surface area contributed by atoms with Gasteiger partial charge in [0, 0.05) is 13.5 Å². The second kappa shape index (κ2) is 10.9. The highest BCUT2D eigenvalue weighted by molar-refractivity contribution is 6.77. The Kier molecular flexibility index (Phi) is 9.03. The summed E-state index contributed by atoms with van der Waals surface area (Å²) in [6.45, 7) is 14.3. The zero-order chi connectivity index (χ0) is 24.1. The van der Waals surface area contributed by atoms with Crippen molar-refractivity contribution in [2.45, 2.75) is 76.8 Å². The molecular weight excluding hydrogens is 420 g/mol. The fourth-order valence-corrected chi connectivity index (χ4v) is 10.8. The zero-order valence-corrected chi connectivity index (χ0v) is 22.6. The minimum Gasteiger partial charge on any atom is -0.497 e. The average Bonchev–Trinajstić information content (AvgIpc) is 2.78. The summed E-state index contributed by atoms with van der Waals surface area (Å²) >= 11 is 0. The lowest BCUT2D eigenvalue weighted by Crippen LogP contribution is -2.47. The van der Waals surface area contributed by atoms with E-state index in [2.05, 4.69) is 53.7 Å². The molecule has 2 rings (SSSR count). The van der Waals surface area contributed by atoms with Crippen molar-refractivity contribution in [3.8, 4) is 11.5 Å². The molecule has 0 fully saturated rings. The van der Waals surface area contributed by atoms with Crippen molar-refractivity contribution in [3.05, 3.63) is 47.2 Å². The lowest BCUT2D eigenvalue weighted by atomic mass is 9.83. The summed E-state index contributed by atoms with van der Waals surface area (Å²) in [4.78, 5) is 0. The van der Waals surface area contributed by atoms with Crippen molar-refractivity contribution in [3.63, 3.8) is 0 Å². The van der Waals surface area contributed by atoms with E-state index in [1.807, 2.05) is 18.2 Å². The van der Waals surface area contributed by atoms with Crippen LogP contribution in [0, 0.1) is 0 Å². The second-order valence-electron chi connectivity index (χ2n) is 9.41. The van der Waals surface area contributed by atoms with Gasteiger partial charge in [-0.15, -0.1) is 0 Å². The first kappa shape index (κ1) is 26.5. The predicted molar refractivity (Wildman–Crippen MR) is 133 cm³/mol. The van der Waals surface area contributed by atoms with Crippen LogP contribution >= 0.6 is 0 Å². The topological polar surface area (TPSA) is 46.2 Å². The number of ether oxygens (including phenoxy) is 4. The lowest BCUT2D eigenvalue weighted by molar-refractivity contribution is 0.0270. The molecule has 0 aliphatic heterocycles. The summed E-state index contributed by atoms with van der Waals surface area (Å²) in [5.41, 5.74) is 2.97. The fraction of sp³-hybridized carbons (Fsp3) is 0.615. The summed E-state index contributed by atoms with van der Waals surface area (Å²) < 4.78 is 29.8. The Bertz CT molecular complexity index is 806. The number of benzene rings is 1. The third-order valence-corrected chi connectivity index (χ3v) is 13.0. The number of rotatable bonds is 11. The quantitative estimate of drug-likeness (QED) is 0.341. The molecule has 1 aromatic rings. The Labute approximate surface area is 195 Å². The van der Waals surface area contributed by atoms with Crippen LogP contribution in [0.2, 0.25) is 16.6 Å². The van der Waals surface area contributed by atoms with Crippen LogP contribution < -0.4 is 9.47 Å². The molecule has 1 unspecified atom stereocenters. The van der Waals surface area contributed by atoms with E-state index in [-0.39, 0.29) is 0 Å². The van der Waals surface area contributed by atoms with Crippen LogP contribution in [0.4, 0.5) is 0 Å². The van der Waals surface area contributed by atoms with E-state index in [9.17, 15) is 0 Å². The van der Waals surface area contributed by atoms with Crippen LogP contribution in [0.25, 0.3) is 0 Å². The summed E-state index contributed by atoms with van der Waals surface area (Å²) in [5, 5.41) is 0. The first-order chi connectivity index (χ1) is 15.1. The molecule has 0 aromatic heterocycles. The Balaban J connectivity index is 2.59. The molecule has 1 aliphatic rings. The maximum absolute atomic E-state index is 6.96. The van der Waals surface area contributed by atoms with E-state index in [0.29, 0.717) is 41.2 Å². The van der Waals surface area contributed by atoms with Crippen molar-refractivity contribution in [1.82, 2.24) is 0 Å². The molecular formula is C26H42O5Si. The molecule has 0 bridgehead atoms. The molecule has 1 aromatic carbocycles. The molecule has 0 radical (unpaired) electrons. The van der Waals surface area contributed by atoms with Gasteiger partial charge in [-0.05, 0) is 58.1 Å². The molecule has 32 heavy (non-hydrogen) atoms. The Morgan fingerprint density at radius 3 is 1.81 bits per heavy atom. The number of hydrogen-bond acceptors (Lipinski definition) is 5. The Morgan fingerprint density at radius 1 is 0.844 bits per heavy atom. The minimum absolute atomic E-state index is 0.504. The number of methoxy groups -OCH3 is 4. The van der Waals surface area contributed by atoms with Gasteiger partial charge in [-0.25, -0.2) is 0 Å². The van der Waals surface area contributed by atoms with Gasteiger partial charge in [0.05, 0.1) is 27.9 Å². The van der Waals surface area contributed by atoms with E-state index in [0.717, 1.165) is 16.9 Å². The molecule has 0 saturated carbocycles. The van der Waals surface area contributed by atoms with Gasteiger partial charge in [-0.1, -0.05) is 41.5 Å². The first-order valence-corrected chi connectivity index (χ1v) is 13.6. The molecule has 6 heteroatoms. The van der Waals surface area contributed by atoms with Gasteiger partial charge >= 0.3 is 0 Å².